The molecule has 0 bridgehead atoms. The van der Waals surface area contributed by atoms with Crippen molar-refractivity contribution in [3.8, 4) is 0 Å². The minimum Gasteiger partial charge on any atom is -0.481 e. The fourth-order valence-electron chi connectivity index (χ4n) is 1.42. The molecule has 5 nitrogen and oxygen atoms in total. The highest BCUT2D eigenvalue weighted by atomic mass is 16.5. The topological polar surface area (TPSA) is 66.8 Å². The number of likely N-dealkylation sites (N-methyl/N-ethyl adjacent to an activating group) is 1. The Morgan fingerprint density at radius 3 is 3.00 bits per heavy atom. The molecular formula is C8H13NO4. The molecule has 1 aliphatic heterocycles. The standard InChI is InChI=1S/C8H13NO4/c1-2-9-3-4-13-8(12)6(9)5-7(10)11/h6H,2-5H2,1H3,(H,10,11)/t6-/m1/s1. The zero-order valence-electron chi connectivity index (χ0n) is 7.52. The van der Waals surface area contributed by atoms with Crippen LogP contribution >= 0.6 is 0 Å². The van der Waals surface area contributed by atoms with Crippen molar-refractivity contribution in [3.05, 3.63) is 0 Å². The van der Waals surface area contributed by atoms with E-state index in [1.165, 1.54) is 0 Å². The zero-order chi connectivity index (χ0) is 9.84. The molecule has 0 aliphatic carbocycles. The molecule has 1 heterocycles. The molecular weight excluding hydrogens is 174 g/mol. The number of aliphatic carboxylic acids is 1. The van der Waals surface area contributed by atoms with E-state index in [9.17, 15) is 9.59 Å². The predicted octanol–water partition coefficient (Wildman–Crippen LogP) is -0.292. The summed E-state index contributed by atoms with van der Waals surface area (Å²) in [6.45, 7) is 3.56. The van der Waals surface area contributed by atoms with E-state index in [2.05, 4.69) is 0 Å². The van der Waals surface area contributed by atoms with Crippen LogP contribution in [-0.4, -0.2) is 47.7 Å². The van der Waals surface area contributed by atoms with Gasteiger partial charge in [0.1, 0.15) is 12.6 Å². The number of carboxylic acid groups (broad SMARTS) is 1. The molecule has 0 saturated carbocycles. The van der Waals surface area contributed by atoms with Gasteiger partial charge in [0.2, 0.25) is 0 Å². The Morgan fingerprint density at radius 1 is 1.77 bits per heavy atom. The normalized spacial score (nSPS) is 24.1. The lowest BCUT2D eigenvalue weighted by molar-refractivity contribution is -0.161. The first-order valence-electron chi connectivity index (χ1n) is 4.27. The lowest BCUT2D eigenvalue weighted by Crippen LogP contribution is -2.49. The minimum atomic E-state index is -0.970. The highest BCUT2D eigenvalue weighted by Crippen LogP contribution is 2.11. The van der Waals surface area contributed by atoms with Crippen molar-refractivity contribution in [1.29, 1.82) is 0 Å². The third-order valence-electron chi connectivity index (χ3n) is 2.11. The van der Waals surface area contributed by atoms with Gasteiger partial charge in [-0.3, -0.25) is 14.5 Å². The number of carbonyl (C=O) groups excluding carboxylic acids is 1. The fourth-order valence-corrected chi connectivity index (χ4v) is 1.42. The summed E-state index contributed by atoms with van der Waals surface area (Å²) in [5, 5.41) is 8.56. The van der Waals surface area contributed by atoms with Crippen molar-refractivity contribution in [2.75, 3.05) is 19.7 Å². The Morgan fingerprint density at radius 2 is 2.46 bits per heavy atom. The predicted molar refractivity (Wildman–Crippen MR) is 44.2 cm³/mol. The van der Waals surface area contributed by atoms with Crippen LogP contribution in [0.25, 0.3) is 0 Å². The van der Waals surface area contributed by atoms with Crippen molar-refractivity contribution in [3.63, 3.8) is 0 Å². The molecule has 0 aromatic heterocycles. The van der Waals surface area contributed by atoms with Gasteiger partial charge in [0.15, 0.2) is 0 Å². The van der Waals surface area contributed by atoms with Crippen molar-refractivity contribution in [2.45, 2.75) is 19.4 Å². The number of carboxylic acids is 1. The van der Waals surface area contributed by atoms with Crippen LogP contribution in [0.1, 0.15) is 13.3 Å². The van der Waals surface area contributed by atoms with Gasteiger partial charge in [0, 0.05) is 6.54 Å². The molecule has 1 N–H and O–H groups in total. The van der Waals surface area contributed by atoms with E-state index in [-0.39, 0.29) is 6.42 Å². The SMILES string of the molecule is CCN1CCOC(=O)[C@H]1CC(=O)O. The maximum atomic E-state index is 11.2. The molecule has 13 heavy (non-hydrogen) atoms. The van der Waals surface area contributed by atoms with Crippen LogP contribution in [0.4, 0.5) is 0 Å². The van der Waals surface area contributed by atoms with Crippen LogP contribution < -0.4 is 0 Å². The van der Waals surface area contributed by atoms with Gasteiger partial charge in [0.25, 0.3) is 0 Å². The Balaban J connectivity index is 2.62. The number of hydrogen-bond acceptors (Lipinski definition) is 4. The maximum absolute atomic E-state index is 11.2. The van der Waals surface area contributed by atoms with Gasteiger partial charge in [-0.2, -0.15) is 0 Å². The fraction of sp³-hybridized carbons (Fsp3) is 0.750. The van der Waals surface area contributed by atoms with E-state index in [1.54, 1.807) is 0 Å². The summed E-state index contributed by atoms with van der Waals surface area (Å²) < 4.78 is 4.78. The molecule has 0 aromatic carbocycles. The number of hydrogen-bond donors (Lipinski definition) is 1. The van der Waals surface area contributed by atoms with Crippen LogP contribution in [0, 0.1) is 0 Å². The summed E-state index contributed by atoms with van der Waals surface area (Å²) >= 11 is 0. The van der Waals surface area contributed by atoms with Gasteiger partial charge in [-0.1, -0.05) is 6.92 Å². The molecule has 1 saturated heterocycles. The van der Waals surface area contributed by atoms with Crippen molar-refractivity contribution in [1.82, 2.24) is 4.90 Å². The largest absolute Gasteiger partial charge is 0.481 e. The summed E-state index contributed by atoms with van der Waals surface area (Å²) in [5.41, 5.74) is 0. The van der Waals surface area contributed by atoms with Crippen LogP contribution in [0.5, 0.6) is 0 Å². The van der Waals surface area contributed by atoms with E-state index in [1.807, 2.05) is 11.8 Å². The molecule has 1 atom stereocenters. The average molecular weight is 187 g/mol. The van der Waals surface area contributed by atoms with E-state index >= 15 is 0 Å². The molecule has 0 aromatic rings. The molecule has 0 unspecified atom stereocenters. The lowest BCUT2D eigenvalue weighted by atomic mass is 10.1. The third kappa shape index (κ3) is 2.42. The Hall–Kier alpha value is -1.10. The van der Waals surface area contributed by atoms with Crippen molar-refractivity contribution in [2.24, 2.45) is 0 Å². The smallest absolute Gasteiger partial charge is 0.324 e. The second-order valence-electron chi connectivity index (χ2n) is 2.91. The highest BCUT2D eigenvalue weighted by molar-refractivity contribution is 5.82. The number of rotatable bonds is 3. The average Bonchev–Trinajstić information content (AvgIpc) is 2.08. The summed E-state index contributed by atoms with van der Waals surface area (Å²) in [6, 6.07) is -0.601. The Labute approximate surface area is 76.3 Å². The molecule has 74 valence electrons. The number of ether oxygens (including phenoxy) is 1. The molecule has 0 radical (unpaired) electrons. The number of nitrogens with zero attached hydrogens (tertiary/aromatic N) is 1. The van der Waals surface area contributed by atoms with Crippen LogP contribution in [0.3, 0.4) is 0 Å². The van der Waals surface area contributed by atoms with Gasteiger partial charge in [-0.25, -0.2) is 0 Å². The number of esters is 1. The van der Waals surface area contributed by atoms with Crippen molar-refractivity contribution < 1.29 is 19.4 Å². The van der Waals surface area contributed by atoms with E-state index < -0.39 is 18.0 Å². The molecule has 0 amide bonds. The Kier molecular flexibility index (Phi) is 3.25. The molecule has 0 spiro atoms. The van der Waals surface area contributed by atoms with Gasteiger partial charge in [0.05, 0.1) is 6.42 Å². The maximum Gasteiger partial charge on any atom is 0.324 e. The molecule has 5 heteroatoms. The number of carbonyl (C=O) groups is 2. The van der Waals surface area contributed by atoms with Crippen LogP contribution in [0.2, 0.25) is 0 Å². The van der Waals surface area contributed by atoms with Gasteiger partial charge < -0.3 is 9.84 Å². The number of cyclic esters (lactones) is 1. The first kappa shape index (κ1) is 9.98. The van der Waals surface area contributed by atoms with E-state index in [0.717, 1.165) is 0 Å². The van der Waals surface area contributed by atoms with Crippen LogP contribution in [0.15, 0.2) is 0 Å². The monoisotopic (exact) mass is 187 g/mol. The second-order valence-corrected chi connectivity index (χ2v) is 2.91. The molecule has 1 fully saturated rings. The van der Waals surface area contributed by atoms with Gasteiger partial charge in [-0.05, 0) is 6.54 Å². The zero-order valence-corrected chi connectivity index (χ0v) is 7.52. The summed E-state index contributed by atoms with van der Waals surface area (Å²) in [4.78, 5) is 23.4. The van der Waals surface area contributed by atoms with Gasteiger partial charge >= 0.3 is 11.9 Å². The third-order valence-corrected chi connectivity index (χ3v) is 2.11. The number of morpholine rings is 1. The molecule has 1 rings (SSSR count). The molecule has 1 aliphatic rings. The van der Waals surface area contributed by atoms with E-state index in [4.69, 9.17) is 9.84 Å². The quantitative estimate of drug-likeness (QED) is 0.615. The second kappa shape index (κ2) is 4.23. The van der Waals surface area contributed by atoms with Crippen LogP contribution in [-0.2, 0) is 14.3 Å². The summed E-state index contributed by atoms with van der Waals surface area (Å²) in [7, 11) is 0. The van der Waals surface area contributed by atoms with Gasteiger partial charge in [-0.15, -0.1) is 0 Å². The van der Waals surface area contributed by atoms with Crippen molar-refractivity contribution >= 4 is 11.9 Å². The summed E-state index contributed by atoms with van der Waals surface area (Å²) in [6.07, 6.45) is -0.174. The minimum absolute atomic E-state index is 0.174. The Bertz CT molecular complexity index is 216. The summed E-state index contributed by atoms with van der Waals surface area (Å²) in [5.74, 6) is -1.39. The first-order valence-corrected chi connectivity index (χ1v) is 4.27. The lowest BCUT2D eigenvalue weighted by Gasteiger charge is -2.32. The highest BCUT2D eigenvalue weighted by Gasteiger charge is 2.32. The first-order chi connectivity index (χ1) is 6.15. The van der Waals surface area contributed by atoms with E-state index in [0.29, 0.717) is 19.7 Å².